The number of halogens is 2. The van der Waals surface area contributed by atoms with Gasteiger partial charge in [0, 0.05) is 11.3 Å². The Hall–Kier alpha value is -2.23. The summed E-state index contributed by atoms with van der Waals surface area (Å²) in [5.74, 6) is -1.19. The summed E-state index contributed by atoms with van der Waals surface area (Å²) < 4.78 is 26.2. The molecule has 2 aromatic carbocycles. The van der Waals surface area contributed by atoms with Crippen molar-refractivity contribution in [3.05, 3.63) is 64.7 Å². The zero-order valence-electron chi connectivity index (χ0n) is 10.6. The Morgan fingerprint density at radius 3 is 2.37 bits per heavy atom. The fraction of sp³-hybridized carbons (Fsp3) is 0.133. The van der Waals surface area contributed by atoms with Crippen LogP contribution in [0.5, 0.6) is 0 Å². The van der Waals surface area contributed by atoms with Gasteiger partial charge in [-0.15, -0.1) is 0 Å². The quantitative estimate of drug-likeness (QED) is 0.874. The molecule has 0 saturated carbocycles. The van der Waals surface area contributed by atoms with E-state index in [-0.39, 0.29) is 5.91 Å². The molecular formula is C15H13F2NO. The Morgan fingerprint density at radius 2 is 1.74 bits per heavy atom. The number of hydrogen-bond donors (Lipinski definition) is 1. The van der Waals surface area contributed by atoms with Crippen molar-refractivity contribution in [2.75, 3.05) is 5.32 Å². The molecule has 0 fully saturated rings. The zero-order chi connectivity index (χ0) is 14.0. The second-order valence-corrected chi connectivity index (χ2v) is 4.43. The monoisotopic (exact) mass is 261 g/mol. The number of carbonyl (C=O) groups excluding carboxylic acids is 1. The van der Waals surface area contributed by atoms with Crippen LogP contribution in [-0.2, 0) is 0 Å². The molecule has 0 radical (unpaired) electrons. The summed E-state index contributed by atoms with van der Waals surface area (Å²) >= 11 is 0. The molecule has 2 aromatic rings. The summed E-state index contributed by atoms with van der Waals surface area (Å²) in [6.45, 7) is 3.39. The molecule has 1 amide bonds. The fourth-order valence-corrected chi connectivity index (χ4v) is 1.89. The normalized spacial score (nSPS) is 10.3. The van der Waals surface area contributed by atoms with Gasteiger partial charge in [-0.05, 0) is 61.4 Å². The summed E-state index contributed by atoms with van der Waals surface area (Å²) in [6.07, 6.45) is 0. The van der Waals surface area contributed by atoms with Crippen LogP contribution in [0, 0.1) is 25.5 Å². The highest BCUT2D eigenvalue weighted by Crippen LogP contribution is 2.16. The number of aryl methyl sites for hydroxylation is 2. The predicted octanol–water partition coefficient (Wildman–Crippen LogP) is 3.83. The highest BCUT2D eigenvalue weighted by molar-refractivity contribution is 6.05. The van der Waals surface area contributed by atoms with Crippen molar-refractivity contribution in [3.8, 4) is 0 Å². The Balaban J connectivity index is 2.25. The molecular weight excluding hydrogens is 248 g/mol. The smallest absolute Gasteiger partial charge is 0.255 e. The molecule has 98 valence electrons. The minimum absolute atomic E-state index is 0.364. The van der Waals surface area contributed by atoms with Gasteiger partial charge in [0.15, 0.2) is 0 Å². The van der Waals surface area contributed by atoms with Crippen LogP contribution in [0.25, 0.3) is 0 Å². The number of nitrogens with one attached hydrogen (secondary N) is 1. The number of benzene rings is 2. The third kappa shape index (κ3) is 3.16. The summed E-state index contributed by atoms with van der Waals surface area (Å²) in [7, 11) is 0. The molecule has 4 heteroatoms. The standard InChI is InChI=1S/C15H13F2NO/c1-9-5-12(17)8-13(6-9)18-15(19)14-4-3-11(16)7-10(14)2/h3-8H,1-2H3,(H,18,19). The molecule has 0 spiro atoms. The summed E-state index contributed by atoms with van der Waals surface area (Å²) in [6, 6.07) is 8.19. The second kappa shape index (κ2) is 5.18. The Kier molecular flexibility index (Phi) is 3.60. The van der Waals surface area contributed by atoms with Crippen LogP contribution < -0.4 is 5.32 Å². The van der Waals surface area contributed by atoms with E-state index in [9.17, 15) is 13.6 Å². The lowest BCUT2D eigenvalue weighted by Crippen LogP contribution is -2.13. The zero-order valence-corrected chi connectivity index (χ0v) is 10.6. The van der Waals surface area contributed by atoms with Gasteiger partial charge in [0.2, 0.25) is 0 Å². The number of carbonyl (C=O) groups is 1. The first-order valence-corrected chi connectivity index (χ1v) is 5.80. The van der Waals surface area contributed by atoms with Gasteiger partial charge in [0.1, 0.15) is 11.6 Å². The van der Waals surface area contributed by atoms with Crippen molar-refractivity contribution in [3.63, 3.8) is 0 Å². The molecule has 0 aliphatic heterocycles. The molecule has 0 bridgehead atoms. The van der Waals surface area contributed by atoms with Gasteiger partial charge in [0.25, 0.3) is 5.91 Å². The molecule has 0 atom stereocenters. The van der Waals surface area contributed by atoms with E-state index in [0.717, 1.165) is 0 Å². The summed E-state index contributed by atoms with van der Waals surface area (Å²) in [4.78, 5) is 12.0. The van der Waals surface area contributed by atoms with E-state index in [2.05, 4.69) is 5.32 Å². The van der Waals surface area contributed by atoms with E-state index in [0.29, 0.717) is 22.4 Å². The molecule has 2 nitrogen and oxygen atoms in total. The van der Waals surface area contributed by atoms with Crippen LogP contribution in [0.1, 0.15) is 21.5 Å². The molecule has 19 heavy (non-hydrogen) atoms. The van der Waals surface area contributed by atoms with Gasteiger partial charge in [-0.25, -0.2) is 8.78 Å². The Bertz CT molecular complexity index is 618. The molecule has 0 unspecified atom stereocenters. The van der Waals surface area contributed by atoms with Gasteiger partial charge < -0.3 is 5.32 Å². The SMILES string of the molecule is Cc1cc(F)cc(NC(=O)c2ccc(F)cc2C)c1. The van der Waals surface area contributed by atoms with E-state index in [1.54, 1.807) is 19.9 Å². The lowest BCUT2D eigenvalue weighted by Gasteiger charge is -2.08. The summed E-state index contributed by atoms with van der Waals surface area (Å²) in [5.41, 5.74) is 1.99. The minimum Gasteiger partial charge on any atom is -0.322 e. The molecule has 0 aliphatic carbocycles. The first-order valence-electron chi connectivity index (χ1n) is 5.80. The van der Waals surface area contributed by atoms with Crippen LogP contribution >= 0.6 is 0 Å². The van der Waals surface area contributed by atoms with Crippen molar-refractivity contribution < 1.29 is 13.6 Å². The van der Waals surface area contributed by atoms with Crippen molar-refractivity contribution in [2.24, 2.45) is 0 Å². The highest BCUT2D eigenvalue weighted by Gasteiger charge is 2.10. The largest absolute Gasteiger partial charge is 0.322 e. The molecule has 0 aliphatic rings. The number of anilines is 1. The summed E-state index contributed by atoms with van der Waals surface area (Å²) in [5, 5.41) is 2.60. The first-order chi connectivity index (χ1) is 8.95. The molecule has 0 saturated heterocycles. The fourth-order valence-electron chi connectivity index (χ4n) is 1.89. The van der Waals surface area contributed by atoms with E-state index in [4.69, 9.17) is 0 Å². The van der Waals surface area contributed by atoms with Crippen LogP contribution in [0.2, 0.25) is 0 Å². The lowest BCUT2D eigenvalue weighted by atomic mass is 10.1. The topological polar surface area (TPSA) is 29.1 Å². The van der Waals surface area contributed by atoms with E-state index >= 15 is 0 Å². The van der Waals surface area contributed by atoms with Crippen molar-refractivity contribution >= 4 is 11.6 Å². The van der Waals surface area contributed by atoms with E-state index < -0.39 is 11.6 Å². The average Bonchev–Trinajstić information content (AvgIpc) is 2.26. The predicted molar refractivity (Wildman–Crippen MR) is 70.2 cm³/mol. The van der Waals surface area contributed by atoms with Crippen LogP contribution in [-0.4, -0.2) is 5.91 Å². The second-order valence-electron chi connectivity index (χ2n) is 4.43. The molecule has 0 aromatic heterocycles. The van der Waals surface area contributed by atoms with Crippen molar-refractivity contribution in [1.82, 2.24) is 0 Å². The Morgan fingerprint density at radius 1 is 1.00 bits per heavy atom. The third-order valence-corrected chi connectivity index (χ3v) is 2.73. The van der Waals surface area contributed by atoms with Gasteiger partial charge >= 0.3 is 0 Å². The first kappa shape index (κ1) is 13.2. The maximum atomic E-state index is 13.2. The maximum absolute atomic E-state index is 13.2. The van der Waals surface area contributed by atoms with Crippen molar-refractivity contribution in [2.45, 2.75) is 13.8 Å². The third-order valence-electron chi connectivity index (χ3n) is 2.73. The average molecular weight is 261 g/mol. The maximum Gasteiger partial charge on any atom is 0.255 e. The number of hydrogen-bond acceptors (Lipinski definition) is 1. The van der Waals surface area contributed by atoms with Crippen LogP contribution in [0.15, 0.2) is 36.4 Å². The van der Waals surface area contributed by atoms with Gasteiger partial charge in [-0.3, -0.25) is 4.79 Å². The highest BCUT2D eigenvalue weighted by atomic mass is 19.1. The molecule has 2 rings (SSSR count). The van der Waals surface area contributed by atoms with Gasteiger partial charge in [0.05, 0.1) is 0 Å². The van der Waals surface area contributed by atoms with E-state index in [1.165, 1.54) is 30.3 Å². The van der Waals surface area contributed by atoms with Gasteiger partial charge in [-0.2, -0.15) is 0 Å². The molecule has 0 heterocycles. The molecule has 1 N–H and O–H groups in total. The Labute approximate surface area is 110 Å². The van der Waals surface area contributed by atoms with Crippen molar-refractivity contribution in [1.29, 1.82) is 0 Å². The number of amides is 1. The van der Waals surface area contributed by atoms with E-state index in [1.807, 2.05) is 0 Å². The van der Waals surface area contributed by atoms with Gasteiger partial charge in [-0.1, -0.05) is 0 Å². The van der Waals surface area contributed by atoms with Crippen LogP contribution in [0.3, 0.4) is 0 Å². The minimum atomic E-state index is -0.411. The number of rotatable bonds is 2. The lowest BCUT2D eigenvalue weighted by molar-refractivity contribution is 0.102. The van der Waals surface area contributed by atoms with Crippen LogP contribution in [0.4, 0.5) is 14.5 Å².